The van der Waals surface area contributed by atoms with Crippen molar-refractivity contribution in [3.05, 3.63) is 65.4 Å². The summed E-state index contributed by atoms with van der Waals surface area (Å²) in [5.41, 5.74) is 3.96. The number of para-hydroxylation sites is 2. The number of ether oxygens (including phenoxy) is 1. The van der Waals surface area contributed by atoms with E-state index in [1.165, 1.54) is 0 Å². The van der Waals surface area contributed by atoms with Crippen LogP contribution in [0.3, 0.4) is 0 Å². The third-order valence-corrected chi connectivity index (χ3v) is 5.88. The topological polar surface area (TPSA) is 58.6 Å². The molecule has 1 atom stereocenters. The number of fused-ring (bicyclic) bond motifs is 1. The van der Waals surface area contributed by atoms with Crippen LogP contribution in [-0.4, -0.2) is 18.8 Å². The smallest absolute Gasteiger partial charge is 0.227 e. The second kappa shape index (κ2) is 7.63. The summed E-state index contributed by atoms with van der Waals surface area (Å²) in [6, 6.07) is 15.0. The molecule has 0 saturated carbocycles. The summed E-state index contributed by atoms with van der Waals surface area (Å²) in [6.45, 7) is 6.08. The number of rotatable bonds is 3. The first kappa shape index (κ1) is 20.2. The summed E-state index contributed by atoms with van der Waals surface area (Å²) >= 11 is 0. The second-order valence-corrected chi connectivity index (χ2v) is 8.77. The number of anilines is 2. The molecule has 5 nitrogen and oxygen atoms in total. The van der Waals surface area contributed by atoms with Crippen LogP contribution in [0.25, 0.3) is 0 Å². The second-order valence-electron chi connectivity index (χ2n) is 8.77. The van der Waals surface area contributed by atoms with Crippen LogP contribution in [0, 0.1) is 5.41 Å². The number of benzene rings is 2. The van der Waals surface area contributed by atoms with Gasteiger partial charge >= 0.3 is 0 Å². The molecule has 0 saturated heterocycles. The first-order valence-corrected chi connectivity index (χ1v) is 10.4. The number of Topliss-reactive ketones (excluding diaryl/α,β-unsaturated/α-hetero) is 1. The molecule has 1 aliphatic heterocycles. The summed E-state index contributed by atoms with van der Waals surface area (Å²) in [6.07, 6.45) is 1.55. The highest BCUT2D eigenvalue weighted by Gasteiger charge is 2.42. The van der Waals surface area contributed by atoms with Crippen molar-refractivity contribution in [1.82, 2.24) is 0 Å². The minimum Gasteiger partial charge on any atom is -0.497 e. The van der Waals surface area contributed by atoms with Gasteiger partial charge in [0.2, 0.25) is 5.91 Å². The zero-order valence-corrected chi connectivity index (χ0v) is 18.0. The molecule has 1 heterocycles. The molecule has 2 aromatic carbocycles. The van der Waals surface area contributed by atoms with Crippen molar-refractivity contribution in [2.45, 2.75) is 46.1 Å². The van der Waals surface area contributed by atoms with Gasteiger partial charge in [0, 0.05) is 24.1 Å². The lowest BCUT2D eigenvalue weighted by Gasteiger charge is -2.37. The van der Waals surface area contributed by atoms with Gasteiger partial charge in [-0.2, -0.15) is 0 Å². The van der Waals surface area contributed by atoms with E-state index < -0.39 is 6.04 Å². The maximum Gasteiger partial charge on any atom is 0.227 e. The molecular formula is C25H28N2O3. The van der Waals surface area contributed by atoms with Crippen LogP contribution in [0.5, 0.6) is 5.75 Å². The van der Waals surface area contributed by atoms with E-state index in [1.807, 2.05) is 55.5 Å². The van der Waals surface area contributed by atoms with Crippen molar-refractivity contribution in [3.63, 3.8) is 0 Å². The van der Waals surface area contributed by atoms with E-state index in [9.17, 15) is 9.59 Å². The van der Waals surface area contributed by atoms with Gasteiger partial charge in [0.25, 0.3) is 0 Å². The maximum atomic E-state index is 13.5. The highest BCUT2D eigenvalue weighted by Crippen LogP contribution is 2.48. The number of nitrogens with one attached hydrogen (secondary N) is 1. The van der Waals surface area contributed by atoms with Crippen LogP contribution in [-0.2, 0) is 9.59 Å². The first-order valence-electron chi connectivity index (χ1n) is 10.4. The van der Waals surface area contributed by atoms with Crippen molar-refractivity contribution in [3.8, 4) is 5.75 Å². The molecule has 1 aliphatic carbocycles. The van der Waals surface area contributed by atoms with E-state index in [1.54, 1.807) is 12.0 Å². The average molecular weight is 405 g/mol. The van der Waals surface area contributed by atoms with Crippen molar-refractivity contribution in [2.24, 2.45) is 5.41 Å². The monoisotopic (exact) mass is 404 g/mol. The van der Waals surface area contributed by atoms with Gasteiger partial charge < -0.3 is 10.1 Å². The molecule has 5 heteroatoms. The van der Waals surface area contributed by atoms with Crippen molar-refractivity contribution < 1.29 is 14.3 Å². The lowest BCUT2D eigenvalue weighted by molar-refractivity contribution is -0.119. The number of allylic oxidation sites excluding steroid dienone is 1. The van der Waals surface area contributed by atoms with Gasteiger partial charge in [0.15, 0.2) is 5.78 Å². The maximum absolute atomic E-state index is 13.5. The van der Waals surface area contributed by atoms with Crippen LogP contribution < -0.4 is 15.0 Å². The molecule has 0 bridgehead atoms. The Bertz CT molecular complexity index is 1040. The molecule has 0 radical (unpaired) electrons. The minimum atomic E-state index is -0.498. The molecule has 1 N–H and O–H groups in total. The zero-order valence-electron chi connectivity index (χ0n) is 18.0. The lowest BCUT2D eigenvalue weighted by Crippen LogP contribution is -2.39. The van der Waals surface area contributed by atoms with E-state index >= 15 is 0 Å². The van der Waals surface area contributed by atoms with E-state index in [4.69, 9.17) is 4.74 Å². The molecule has 1 amide bonds. The number of hydrogen-bond donors (Lipinski definition) is 1. The predicted octanol–water partition coefficient (Wildman–Crippen LogP) is 5.25. The molecular weight excluding hydrogens is 376 g/mol. The Morgan fingerprint density at radius 2 is 1.93 bits per heavy atom. The minimum absolute atomic E-state index is 0.0246. The fourth-order valence-corrected chi connectivity index (χ4v) is 4.56. The summed E-state index contributed by atoms with van der Waals surface area (Å²) in [4.78, 5) is 28.5. The van der Waals surface area contributed by atoms with Crippen LogP contribution in [0.2, 0.25) is 0 Å². The van der Waals surface area contributed by atoms with Crippen LogP contribution >= 0.6 is 0 Å². The Kier molecular flexibility index (Phi) is 5.14. The average Bonchev–Trinajstić information content (AvgIpc) is 2.86. The quantitative estimate of drug-likeness (QED) is 0.759. The lowest BCUT2D eigenvalue weighted by atomic mass is 9.73. The summed E-state index contributed by atoms with van der Waals surface area (Å²) in [7, 11) is 1.62. The van der Waals surface area contributed by atoms with Crippen molar-refractivity contribution in [1.29, 1.82) is 0 Å². The van der Waals surface area contributed by atoms with Gasteiger partial charge in [-0.25, -0.2) is 0 Å². The van der Waals surface area contributed by atoms with E-state index in [0.29, 0.717) is 24.2 Å². The van der Waals surface area contributed by atoms with Gasteiger partial charge in [-0.3, -0.25) is 14.5 Å². The Morgan fingerprint density at radius 1 is 1.17 bits per heavy atom. The number of carbonyl (C=O) groups is 2. The first-order chi connectivity index (χ1) is 14.3. The third kappa shape index (κ3) is 3.49. The number of amides is 1. The largest absolute Gasteiger partial charge is 0.497 e. The molecule has 0 fully saturated rings. The van der Waals surface area contributed by atoms with Gasteiger partial charge in [0.05, 0.1) is 24.5 Å². The number of nitrogens with zero attached hydrogens (tertiary/aromatic N) is 1. The number of methoxy groups -OCH3 is 1. The highest BCUT2D eigenvalue weighted by atomic mass is 16.5. The Balaban J connectivity index is 2.01. The SMILES string of the molecule is CCC(=O)N1c2ccccc2NC2=C(C(=O)CC(C)(C)C2)[C@@H]1c1cccc(OC)c1. The molecule has 4 rings (SSSR count). The molecule has 0 aromatic heterocycles. The van der Waals surface area contributed by atoms with E-state index in [-0.39, 0.29) is 17.1 Å². The summed E-state index contributed by atoms with van der Waals surface area (Å²) in [5, 5.41) is 3.52. The Morgan fingerprint density at radius 3 is 2.67 bits per heavy atom. The third-order valence-electron chi connectivity index (χ3n) is 5.88. The van der Waals surface area contributed by atoms with Crippen LogP contribution in [0.15, 0.2) is 59.8 Å². The van der Waals surface area contributed by atoms with Crippen LogP contribution in [0.1, 0.15) is 51.6 Å². The molecule has 0 spiro atoms. The molecule has 2 aliphatic rings. The zero-order chi connectivity index (χ0) is 21.5. The Labute approximate surface area is 177 Å². The summed E-state index contributed by atoms with van der Waals surface area (Å²) in [5.74, 6) is 0.763. The molecule has 156 valence electrons. The van der Waals surface area contributed by atoms with E-state index in [2.05, 4.69) is 19.2 Å². The standard InChI is InChI=1S/C25H28N2O3/c1-5-22(29)27-20-12-7-6-11-18(20)26-19-14-25(2,3)15-21(28)23(19)24(27)16-9-8-10-17(13-16)30-4/h6-13,24,26H,5,14-15H2,1-4H3/t24-/m0/s1. The van der Waals surface area contributed by atoms with Crippen molar-refractivity contribution in [2.75, 3.05) is 17.3 Å². The van der Waals surface area contributed by atoms with Crippen molar-refractivity contribution >= 4 is 23.1 Å². The normalized spacial score (nSPS) is 20.1. The molecule has 2 aromatic rings. The highest BCUT2D eigenvalue weighted by molar-refractivity contribution is 6.06. The number of ketones is 1. The fourth-order valence-electron chi connectivity index (χ4n) is 4.56. The van der Waals surface area contributed by atoms with Gasteiger partial charge in [0.1, 0.15) is 5.75 Å². The van der Waals surface area contributed by atoms with Gasteiger partial charge in [-0.05, 0) is 41.7 Å². The predicted molar refractivity (Wildman–Crippen MR) is 119 cm³/mol. The van der Waals surface area contributed by atoms with Gasteiger partial charge in [-0.15, -0.1) is 0 Å². The Hall–Kier alpha value is -3.08. The fraction of sp³-hybridized carbons (Fsp3) is 0.360. The molecule has 30 heavy (non-hydrogen) atoms. The number of carbonyl (C=O) groups excluding carboxylic acids is 2. The van der Waals surface area contributed by atoms with E-state index in [0.717, 1.165) is 29.1 Å². The van der Waals surface area contributed by atoms with Crippen LogP contribution in [0.4, 0.5) is 11.4 Å². The summed E-state index contributed by atoms with van der Waals surface area (Å²) < 4.78 is 5.44. The molecule has 0 unspecified atom stereocenters. The van der Waals surface area contributed by atoms with Gasteiger partial charge in [-0.1, -0.05) is 45.0 Å². The number of hydrogen-bond acceptors (Lipinski definition) is 4.